The summed E-state index contributed by atoms with van der Waals surface area (Å²) in [6, 6.07) is 3.19. The van der Waals surface area contributed by atoms with Crippen molar-refractivity contribution in [2.24, 2.45) is 5.92 Å². The Morgan fingerprint density at radius 2 is 2.12 bits per heavy atom. The van der Waals surface area contributed by atoms with Gasteiger partial charge in [-0.2, -0.15) is 0 Å². The number of amides is 2. The van der Waals surface area contributed by atoms with E-state index in [2.05, 4.69) is 5.32 Å². The number of hydrogen-bond donors (Lipinski definition) is 1. The van der Waals surface area contributed by atoms with Gasteiger partial charge < -0.3 is 24.4 Å². The quantitative estimate of drug-likeness (QED) is 0.817. The topological polar surface area (TPSA) is 77.1 Å². The van der Waals surface area contributed by atoms with Gasteiger partial charge in [0.05, 0.1) is 37.0 Å². The molecule has 0 bridgehead atoms. The van der Waals surface area contributed by atoms with Crippen LogP contribution in [0.25, 0.3) is 0 Å². The molecule has 2 aliphatic rings. The van der Waals surface area contributed by atoms with Gasteiger partial charge in [-0.1, -0.05) is 11.6 Å². The Bertz CT molecular complexity index is 690. The molecule has 0 radical (unpaired) electrons. The van der Waals surface area contributed by atoms with E-state index in [1.54, 1.807) is 17.0 Å². The van der Waals surface area contributed by atoms with Gasteiger partial charge in [-0.25, -0.2) is 0 Å². The maximum Gasteiger partial charge on any atom is 0.229 e. The standard InChI is InChI=1S/C18H23ClN2O5/c1-24-15-8-14(16(25-2)7-13(15)19)20-18(23)11-6-17(22)21(9-11)10-12-4-3-5-26-12/h7-8,11-12H,3-6,9-10H2,1-2H3,(H,20,23). The molecule has 3 rings (SSSR count). The average Bonchev–Trinajstić information content (AvgIpc) is 3.26. The molecule has 2 amide bonds. The lowest BCUT2D eigenvalue weighted by Gasteiger charge is -2.20. The van der Waals surface area contributed by atoms with E-state index in [9.17, 15) is 9.59 Å². The largest absolute Gasteiger partial charge is 0.495 e. The lowest BCUT2D eigenvalue weighted by molar-refractivity contribution is -0.129. The van der Waals surface area contributed by atoms with Crippen molar-refractivity contribution >= 4 is 29.1 Å². The minimum atomic E-state index is -0.407. The average molecular weight is 383 g/mol. The number of carbonyl (C=O) groups is 2. The van der Waals surface area contributed by atoms with E-state index in [1.165, 1.54) is 14.2 Å². The summed E-state index contributed by atoms with van der Waals surface area (Å²) >= 11 is 6.08. The number of carbonyl (C=O) groups excluding carboxylic acids is 2. The number of nitrogens with one attached hydrogen (secondary N) is 1. The predicted molar refractivity (Wildman–Crippen MR) is 96.8 cm³/mol. The fourth-order valence-corrected chi connectivity index (χ4v) is 3.58. The molecule has 2 heterocycles. The monoisotopic (exact) mass is 382 g/mol. The normalized spacial score (nSPS) is 22.6. The summed E-state index contributed by atoms with van der Waals surface area (Å²) in [4.78, 5) is 26.6. The molecule has 0 saturated carbocycles. The van der Waals surface area contributed by atoms with E-state index in [0.717, 1.165) is 19.4 Å². The van der Waals surface area contributed by atoms with Crippen LogP contribution in [0.4, 0.5) is 5.69 Å². The molecule has 2 aliphatic heterocycles. The van der Waals surface area contributed by atoms with Crippen molar-refractivity contribution in [3.05, 3.63) is 17.2 Å². The molecule has 0 spiro atoms. The third kappa shape index (κ3) is 4.04. The second kappa shape index (κ2) is 8.14. The van der Waals surface area contributed by atoms with Crippen LogP contribution in [0.5, 0.6) is 11.5 Å². The molecule has 142 valence electrons. The number of halogens is 1. The number of likely N-dealkylation sites (tertiary alicyclic amines) is 1. The molecule has 1 aromatic carbocycles. The van der Waals surface area contributed by atoms with E-state index in [-0.39, 0.29) is 24.3 Å². The highest BCUT2D eigenvalue weighted by atomic mass is 35.5. The van der Waals surface area contributed by atoms with Crippen molar-refractivity contribution in [1.82, 2.24) is 4.90 Å². The van der Waals surface area contributed by atoms with Crippen molar-refractivity contribution in [3.63, 3.8) is 0 Å². The number of rotatable bonds is 6. The summed E-state index contributed by atoms with van der Waals surface area (Å²) in [7, 11) is 2.99. The maximum atomic E-state index is 12.6. The number of ether oxygens (including phenoxy) is 3. The highest BCUT2D eigenvalue weighted by Gasteiger charge is 2.36. The Hall–Kier alpha value is -1.99. The molecule has 1 N–H and O–H groups in total. The summed E-state index contributed by atoms with van der Waals surface area (Å²) in [5, 5.41) is 3.22. The van der Waals surface area contributed by atoms with Crippen LogP contribution in [0.15, 0.2) is 12.1 Å². The van der Waals surface area contributed by atoms with Crippen LogP contribution >= 0.6 is 11.6 Å². The summed E-state index contributed by atoms with van der Waals surface area (Å²) in [6.07, 6.45) is 2.27. The van der Waals surface area contributed by atoms with Crippen LogP contribution in [-0.2, 0) is 14.3 Å². The fourth-order valence-electron chi connectivity index (χ4n) is 3.35. The van der Waals surface area contributed by atoms with Crippen molar-refractivity contribution in [1.29, 1.82) is 0 Å². The van der Waals surface area contributed by atoms with Crippen LogP contribution in [0.2, 0.25) is 5.02 Å². The number of benzene rings is 1. The second-order valence-corrected chi connectivity index (χ2v) is 6.92. The molecule has 1 aromatic rings. The van der Waals surface area contributed by atoms with E-state index in [0.29, 0.717) is 35.3 Å². The molecular weight excluding hydrogens is 360 g/mol. The van der Waals surface area contributed by atoms with E-state index < -0.39 is 5.92 Å². The number of hydrogen-bond acceptors (Lipinski definition) is 5. The van der Waals surface area contributed by atoms with E-state index >= 15 is 0 Å². The van der Waals surface area contributed by atoms with Gasteiger partial charge in [-0.15, -0.1) is 0 Å². The molecule has 2 fully saturated rings. The SMILES string of the molecule is COc1cc(NC(=O)C2CC(=O)N(CC3CCCO3)C2)c(OC)cc1Cl. The van der Waals surface area contributed by atoms with E-state index in [4.69, 9.17) is 25.8 Å². The van der Waals surface area contributed by atoms with Crippen LogP contribution < -0.4 is 14.8 Å². The zero-order valence-corrected chi connectivity index (χ0v) is 15.7. The minimum absolute atomic E-state index is 0.0127. The zero-order valence-electron chi connectivity index (χ0n) is 14.9. The van der Waals surface area contributed by atoms with Gasteiger partial charge in [0.25, 0.3) is 0 Å². The Morgan fingerprint density at radius 1 is 1.35 bits per heavy atom. The molecule has 0 aliphatic carbocycles. The highest BCUT2D eigenvalue weighted by Crippen LogP contribution is 2.36. The smallest absolute Gasteiger partial charge is 0.229 e. The summed E-state index contributed by atoms with van der Waals surface area (Å²) < 4.78 is 16.0. The van der Waals surface area contributed by atoms with Gasteiger partial charge in [-0.3, -0.25) is 9.59 Å². The first-order valence-corrected chi connectivity index (χ1v) is 9.01. The molecule has 2 unspecified atom stereocenters. The first kappa shape index (κ1) is 18.8. The van der Waals surface area contributed by atoms with Crippen LogP contribution in [0.1, 0.15) is 19.3 Å². The summed E-state index contributed by atoms with van der Waals surface area (Å²) in [6.45, 7) is 1.70. The van der Waals surface area contributed by atoms with Crippen LogP contribution in [0, 0.1) is 5.92 Å². The maximum absolute atomic E-state index is 12.6. The Labute approximate surface area is 157 Å². The van der Waals surface area contributed by atoms with Gasteiger partial charge in [0.15, 0.2) is 0 Å². The van der Waals surface area contributed by atoms with Crippen molar-refractivity contribution in [2.75, 3.05) is 39.2 Å². The fraction of sp³-hybridized carbons (Fsp3) is 0.556. The Morgan fingerprint density at radius 3 is 2.77 bits per heavy atom. The second-order valence-electron chi connectivity index (χ2n) is 6.51. The molecular formula is C18H23ClN2O5. The van der Waals surface area contributed by atoms with Gasteiger partial charge in [0.2, 0.25) is 11.8 Å². The predicted octanol–water partition coefficient (Wildman–Crippen LogP) is 2.32. The van der Waals surface area contributed by atoms with Crippen LogP contribution in [0.3, 0.4) is 0 Å². The molecule has 2 atom stereocenters. The third-order valence-corrected chi connectivity index (χ3v) is 5.06. The van der Waals surface area contributed by atoms with Gasteiger partial charge >= 0.3 is 0 Å². The lowest BCUT2D eigenvalue weighted by Crippen LogP contribution is -2.34. The Balaban J connectivity index is 1.65. The molecule has 0 aromatic heterocycles. The minimum Gasteiger partial charge on any atom is -0.495 e. The van der Waals surface area contributed by atoms with Gasteiger partial charge in [0, 0.05) is 38.2 Å². The van der Waals surface area contributed by atoms with Gasteiger partial charge in [-0.05, 0) is 12.8 Å². The van der Waals surface area contributed by atoms with Crippen molar-refractivity contribution in [2.45, 2.75) is 25.4 Å². The highest BCUT2D eigenvalue weighted by molar-refractivity contribution is 6.32. The van der Waals surface area contributed by atoms with Crippen molar-refractivity contribution < 1.29 is 23.8 Å². The first-order chi connectivity index (χ1) is 12.5. The Kier molecular flexibility index (Phi) is 5.88. The van der Waals surface area contributed by atoms with Gasteiger partial charge in [0.1, 0.15) is 11.5 Å². The first-order valence-electron chi connectivity index (χ1n) is 8.63. The molecule has 7 nitrogen and oxygen atoms in total. The molecule has 8 heteroatoms. The number of nitrogens with zero attached hydrogens (tertiary/aromatic N) is 1. The number of anilines is 1. The number of methoxy groups -OCH3 is 2. The zero-order chi connectivity index (χ0) is 18.7. The third-order valence-electron chi connectivity index (χ3n) is 4.77. The molecule has 2 saturated heterocycles. The molecule has 26 heavy (non-hydrogen) atoms. The van der Waals surface area contributed by atoms with Crippen molar-refractivity contribution in [3.8, 4) is 11.5 Å². The van der Waals surface area contributed by atoms with E-state index in [1.807, 2.05) is 0 Å². The lowest BCUT2D eigenvalue weighted by atomic mass is 10.1. The summed E-state index contributed by atoms with van der Waals surface area (Å²) in [5.74, 6) is 0.224. The van der Waals surface area contributed by atoms with Crippen LogP contribution in [-0.4, -0.2) is 56.7 Å². The summed E-state index contributed by atoms with van der Waals surface area (Å²) in [5.41, 5.74) is 0.462.